The monoisotopic (exact) mass is 552 g/mol. The molecule has 210 valence electrons. The number of amides is 2. The van der Waals surface area contributed by atoms with Crippen molar-refractivity contribution in [2.24, 2.45) is 18.9 Å². The summed E-state index contributed by atoms with van der Waals surface area (Å²) in [5.41, 5.74) is 4.38. The van der Waals surface area contributed by atoms with Gasteiger partial charge in [0.1, 0.15) is 5.82 Å². The first-order valence-electron chi connectivity index (χ1n) is 13.7. The van der Waals surface area contributed by atoms with Crippen LogP contribution in [0.15, 0.2) is 85.2 Å². The molecule has 1 aliphatic heterocycles. The minimum absolute atomic E-state index is 0. The second-order valence-electron chi connectivity index (χ2n) is 10.8. The zero-order chi connectivity index (χ0) is 28.5. The van der Waals surface area contributed by atoms with Gasteiger partial charge in [-0.3, -0.25) is 14.3 Å². The molecule has 0 radical (unpaired) electrons. The van der Waals surface area contributed by atoms with Gasteiger partial charge in [-0.25, -0.2) is 4.39 Å². The third-order valence-electron chi connectivity index (χ3n) is 7.81. The highest BCUT2D eigenvalue weighted by molar-refractivity contribution is 6.01. The third-order valence-corrected chi connectivity index (χ3v) is 7.81. The van der Waals surface area contributed by atoms with Crippen molar-refractivity contribution in [1.29, 1.82) is 5.41 Å². The lowest BCUT2D eigenvalue weighted by Gasteiger charge is -2.30. The molecule has 1 saturated heterocycles. The van der Waals surface area contributed by atoms with Crippen LogP contribution in [0.25, 0.3) is 0 Å². The average molecular weight is 553 g/mol. The van der Waals surface area contributed by atoms with Gasteiger partial charge in [-0.05, 0) is 72.9 Å². The van der Waals surface area contributed by atoms with Crippen LogP contribution in [0.3, 0.4) is 0 Å². The molecule has 3 atom stereocenters. The van der Waals surface area contributed by atoms with Gasteiger partial charge >= 0.3 is 0 Å². The molecule has 0 unspecified atom stereocenters. The lowest BCUT2D eigenvalue weighted by Crippen LogP contribution is -2.43. The zero-order valence-corrected chi connectivity index (χ0v) is 22.6. The molecule has 2 amide bonds. The summed E-state index contributed by atoms with van der Waals surface area (Å²) in [6, 6.07) is 20.3. The van der Waals surface area contributed by atoms with Crippen LogP contribution in [0.4, 0.5) is 21.5 Å². The number of nitrogens with one attached hydrogen (secondary N) is 3. The van der Waals surface area contributed by atoms with Gasteiger partial charge in [-0.2, -0.15) is 5.10 Å². The molecule has 4 aromatic rings. The first kappa shape index (κ1) is 26.4. The van der Waals surface area contributed by atoms with Crippen LogP contribution < -0.4 is 15.5 Å². The number of aryl methyl sites for hydroxylation is 1. The summed E-state index contributed by atoms with van der Waals surface area (Å²) in [6.45, 7) is 0. The van der Waals surface area contributed by atoms with Crippen molar-refractivity contribution in [3.8, 4) is 0 Å². The number of anilines is 3. The van der Waals surface area contributed by atoms with Gasteiger partial charge in [-0.15, -0.1) is 0 Å². The molecule has 0 spiro atoms. The smallest absolute Gasteiger partial charge is 0.233 e. The van der Waals surface area contributed by atoms with Crippen molar-refractivity contribution < 1.29 is 15.4 Å². The van der Waals surface area contributed by atoms with Crippen LogP contribution in [0.2, 0.25) is 0 Å². The number of carbonyl (C=O) groups excluding carboxylic acids is 2. The number of nitrogens with zero attached hydrogens (tertiary/aromatic N) is 3. The predicted octanol–water partition coefficient (Wildman–Crippen LogP) is 5.39. The minimum Gasteiger partial charge on any atom is -0.355 e. The van der Waals surface area contributed by atoms with Crippen LogP contribution in [-0.2, 0) is 23.1 Å². The van der Waals surface area contributed by atoms with E-state index in [2.05, 4.69) is 15.7 Å². The van der Waals surface area contributed by atoms with Gasteiger partial charge in [0, 0.05) is 49.4 Å². The Morgan fingerprint density at radius 3 is 2.54 bits per heavy atom. The summed E-state index contributed by atoms with van der Waals surface area (Å²) >= 11 is 0. The van der Waals surface area contributed by atoms with E-state index in [-0.39, 0.29) is 25.0 Å². The molecular weight excluding hydrogens is 519 g/mol. The first-order valence-corrected chi connectivity index (χ1v) is 13.7. The Balaban J connectivity index is 0.00000353. The minimum atomic E-state index is -0.507. The molecule has 9 heteroatoms. The highest BCUT2D eigenvalue weighted by atomic mass is 19.1. The number of hydrogen-bond donors (Lipinski definition) is 3. The Bertz CT molecular complexity index is 1590. The van der Waals surface area contributed by atoms with Crippen molar-refractivity contribution in [2.45, 2.75) is 31.3 Å². The normalized spacial score (nSPS) is 20.2. The van der Waals surface area contributed by atoms with E-state index in [0.29, 0.717) is 29.0 Å². The molecular formula is C32H33FN6O2. The Morgan fingerprint density at radius 2 is 1.88 bits per heavy atom. The number of aromatic nitrogens is 2. The van der Waals surface area contributed by atoms with Crippen molar-refractivity contribution in [2.75, 3.05) is 10.2 Å². The molecule has 41 heavy (non-hydrogen) atoms. The van der Waals surface area contributed by atoms with E-state index in [1.807, 2.05) is 55.7 Å². The molecule has 1 aromatic heterocycles. The SMILES string of the molecule is Cn1cc(C[C@@H]2C(=O)N(c3ccc(Nc4ccc(F)cc4)c(C=N)c3)[C@H](c3ccccc3)[C@H]2NC(=O)C2CC2)cn1.[HH]. The highest BCUT2D eigenvalue weighted by Gasteiger charge is 2.50. The van der Waals surface area contributed by atoms with Crippen molar-refractivity contribution in [3.63, 3.8) is 0 Å². The molecule has 1 saturated carbocycles. The summed E-state index contributed by atoms with van der Waals surface area (Å²) in [4.78, 5) is 29.2. The average Bonchev–Trinajstić information content (AvgIpc) is 3.71. The second kappa shape index (κ2) is 11.0. The summed E-state index contributed by atoms with van der Waals surface area (Å²) in [5, 5.41) is 18.9. The maximum absolute atomic E-state index is 14.3. The topological polar surface area (TPSA) is 103 Å². The zero-order valence-electron chi connectivity index (χ0n) is 22.6. The van der Waals surface area contributed by atoms with Crippen LogP contribution >= 0.6 is 0 Å². The number of benzene rings is 3. The molecule has 0 bridgehead atoms. The van der Waals surface area contributed by atoms with Crippen LogP contribution in [0.1, 0.15) is 37.0 Å². The Labute approximate surface area is 239 Å². The second-order valence-corrected chi connectivity index (χ2v) is 10.8. The van der Waals surface area contributed by atoms with E-state index in [1.165, 1.54) is 18.3 Å². The summed E-state index contributed by atoms with van der Waals surface area (Å²) in [5.74, 6) is -0.954. The molecule has 6 rings (SSSR count). The number of carbonyl (C=O) groups is 2. The number of halogens is 1. The fourth-order valence-corrected chi connectivity index (χ4v) is 5.62. The molecule has 2 aliphatic rings. The Hall–Kier alpha value is -4.79. The lowest BCUT2D eigenvalue weighted by atomic mass is 9.89. The number of rotatable bonds is 9. The standard InChI is InChI=1S/C32H31FN6O2.H2/c1-38-19-20(18-35-38)15-27-29(37-31(40)22-7-8-22)30(21-5-3-2-4-6-21)39(32(27)41)26-13-14-28(23(16-26)17-34)36-25-11-9-24(33)10-12-25;/h2-6,9-14,16-19,22,27,29-30,34,36H,7-8,15H2,1H3,(H,37,40);1H/t27-,29-,30+;/m0./s1. The lowest BCUT2D eigenvalue weighted by molar-refractivity contribution is -0.124. The predicted molar refractivity (Wildman–Crippen MR) is 158 cm³/mol. The molecule has 2 heterocycles. The maximum atomic E-state index is 14.3. The van der Waals surface area contributed by atoms with E-state index in [9.17, 15) is 14.0 Å². The van der Waals surface area contributed by atoms with E-state index in [4.69, 9.17) is 5.41 Å². The molecule has 1 aliphatic carbocycles. The summed E-state index contributed by atoms with van der Waals surface area (Å²) < 4.78 is 15.1. The van der Waals surface area contributed by atoms with Crippen LogP contribution in [0, 0.1) is 23.1 Å². The highest BCUT2D eigenvalue weighted by Crippen LogP contribution is 2.43. The number of hydrogen-bond acceptors (Lipinski definition) is 5. The van der Waals surface area contributed by atoms with E-state index in [0.717, 1.165) is 24.0 Å². The van der Waals surface area contributed by atoms with E-state index >= 15 is 0 Å². The third kappa shape index (κ3) is 5.48. The molecule has 8 nitrogen and oxygen atoms in total. The summed E-state index contributed by atoms with van der Waals surface area (Å²) in [7, 11) is 1.84. The van der Waals surface area contributed by atoms with Crippen molar-refractivity contribution >= 4 is 35.1 Å². The van der Waals surface area contributed by atoms with Gasteiger partial charge in [0.25, 0.3) is 0 Å². The van der Waals surface area contributed by atoms with Gasteiger partial charge in [0.2, 0.25) is 11.8 Å². The fraction of sp³-hybridized carbons (Fsp3) is 0.250. The van der Waals surface area contributed by atoms with E-state index < -0.39 is 18.0 Å². The fourth-order valence-electron chi connectivity index (χ4n) is 5.62. The molecule has 3 N–H and O–H groups in total. The van der Waals surface area contributed by atoms with Gasteiger partial charge < -0.3 is 20.9 Å². The van der Waals surface area contributed by atoms with E-state index in [1.54, 1.807) is 34.0 Å². The quantitative estimate of drug-likeness (QED) is 0.242. The molecule has 2 fully saturated rings. The van der Waals surface area contributed by atoms with Crippen molar-refractivity contribution in [3.05, 3.63) is 108 Å². The van der Waals surface area contributed by atoms with Gasteiger partial charge in [0.05, 0.1) is 24.2 Å². The van der Waals surface area contributed by atoms with Crippen LogP contribution in [0.5, 0.6) is 0 Å². The Morgan fingerprint density at radius 1 is 1.12 bits per heavy atom. The van der Waals surface area contributed by atoms with Gasteiger partial charge in [-0.1, -0.05) is 30.3 Å². The first-order chi connectivity index (χ1) is 19.9. The summed E-state index contributed by atoms with van der Waals surface area (Å²) in [6.07, 6.45) is 7.05. The Kier molecular flexibility index (Phi) is 7.09. The largest absolute Gasteiger partial charge is 0.355 e. The molecule has 3 aromatic carbocycles. The maximum Gasteiger partial charge on any atom is 0.233 e. The van der Waals surface area contributed by atoms with Crippen molar-refractivity contribution in [1.82, 2.24) is 15.1 Å². The van der Waals surface area contributed by atoms with Crippen LogP contribution in [-0.4, -0.2) is 33.9 Å². The van der Waals surface area contributed by atoms with Gasteiger partial charge in [0.15, 0.2) is 0 Å².